The average molecular weight is 971 g/mol. The average Bonchev–Trinajstić information content (AvgIpc) is 3.65. The Morgan fingerprint density at radius 1 is 0.534 bits per heavy atom. The van der Waals surface area contributed by atoms with Gasteiger partial charge in [0.05, 0.1) is 34.1 Å². The molecule has 0 saturated heterocycles. The van der Waals surface area contributed by atoms with Crippen LogP contribution in [0.2, 0.25) is 0 Å². The van der Waals surface area contributed by atoms with E-state index >= 15 is 0 Å². The number of rotatable bonds is 9. The fraction of sp³-hybridized carbons (Fsp3) is 0.0847. The predicted molar refractivity (Wildman–Crippen MR) is 281 cm³/mol. The van der Waals surface area contributed by atoms with E-state index in [9.17, 15) is 19.2 Å². The molecule has 0 aromatic heterocycles. The first-order valence-corrected chi connectivity index (χ1v) is 22.6. The first kappa shape index (κ1) is 51.0. The molecule has 14 nitrogen and oxygen atoms in total. The maximum absolute atomic E-state index is 12.8. The van der Waals surface area contributed by atoms with Crippen LogP contribution in [0, 0.1) is 11.3 Å². The highest BCUT2D eigenvalue weighted by Crippen LogP contribution is 2.37. The number of hydrogen-bond donors (Lipinski definition) is 6. The molecule has 0 fully saturated rings. The monoisotopic (exact) mass is 970 g/mol. The fourth-order valence-electron chi connectivity index (χ4n) is 7.59. The standard InChI is InChI=1S/C28H23N3O3.C28H19N3O3.C2H4O2.CH4/c2*29-16-18-5-9-20(10-6-18)21-11-7-19(8-12-21)17-30-27(32)22-13-14-26-24(15-22)31-28(33)23-3-1-2-4-25(23)34-26;1-2(3)4;/h1-15H,16-17,29H2,(H,30,32)(H,31,33);1-15H,17H2,(H,30,32)(H,31,33);1H3,(H,3,4);1H4. The van der Waals surface area contributed by atoms with E-state index in [0.717, 1.165) is 45.9 Å². The zero-order valence-corrected chi connectivity index (χ0v) is 38.8. The lowest BCUT2D eigenvalue weighted by Gasteiger charge is -2.11. The molecule has 0 aliphatic carbocycles. The molecule has 2 aliphatic heterocycles. The Hall–Kier alpha value is -9.84. The van der Waals surface area contributed by atoms with Gasteiger partial charge in [0.1, 0.15) is 11.5 Å². The quantitative estimate of drug-likeness (QED) is 0.0803. The van der Waals surface area contributed by atoms with Gasteiger partial charge < -0.3 is 41.6 Å². The molecule has 0 spiro atoms. The lowest BCUT2D eigenvalue weighted by Crippen LogP contribution is -2.23. The number of nitrogens with one attached hydrogen (secondary N) is 4. The summed E-state index contributed by atoms with van der Waals surface area (Å²) in [6, 6.07) is 57.6. The van der Waals surface area contributed by atoms with E-state index in [4.69, 9.17) is 30.4 Å². The number of carbonyl (C=O) groups excluding carboxylic acids is 4. The summed E-state index contributed by atoms with van der Waals surface area (Å²) in [4.78, 5) is 59.6. The van der Waals surface area contributed by atoms with Crippen LogP contribution in [0.25, 0.3) is 22.3 Å². The van der Waals surface area contributed by atoms with Crippen LogP contribution in [-0.4, -0.2) is 34.7 Å². The number of hydrogen-bond acceptors (Lipinski definition) is 9. The first-order chi connectivity index (χ1) is 34.9. The minimum absolute atomic E-state index is 0. The van der Waals surface area contributed by atoms with E-state index in [1.165, 1.54) is 0 Å². The van der Waals surface area contributed by atoms with Crippen molar-refractivity contribution in [3.63, 3.8) is 0 Å². The summed E-state index contributed by atoms with van der Waals surface area (Å²) < 4.78 is 11.7. The Balaban J connectivity index is 0.000000197. The fourth-order valence-corrected chi connectivity index (χ4v) is 7.59. The van der Waals surface area contributed by atoms with E-state index in [1.807, 2.05) is 78.9 Å². The molecule has 0 unspecified atom stereocenters. The van der Waals surface area contributed by atoms with Gasteiger partial charge in [-0.05, 0) is 112 Å². The lowest BCUT2D eigenvalue weighted by molar-refractivity contribution is -0.134. The van der Waals surface area contributed by atoms with Gasteiger partial charge in [-0.15, -0.1) is 0 Å². The van der Waals surface area contributed by atoms with E-state index in [-0.39, 0.29) is 31.1 Å². The normalized spacial score (nSPS) is 11.4. The number of carboxylic acids is 1. The third kappa shape index (κ3) is 12.9. The molecule has 73 heavy (non-hydrogen) atoms. The minimum atomic E-state index is -0.833. The van der Waals surface area contributed by atoms with Crippen molar-refractivity contribution in [3.05, 3.63) is 226 Å². The molecular weight excluding hydrogens is 921 g/mol. The van der Waals surface area contributed by atoms with Gasteiger partial charge in [0.15, 0.2) is 11.5 Å². The number of carbonyl (C=O) groups is 5. The van der Waals surface area contributed by atoms with Crippen LogP contribution in [0.4, 0.5) is 11.4 Å². The van der Waals surface area contributed by atoms with Crippen molar-refractivity contribution in [2.45, 2.75) is 34.0 Å². The molecule has 0 atom stereocenters. The third-order valence-corrected chi connectivity index (χ3v) is 11.4. The van der Waals surface area contributed by atoms with Crippen LogP contribution in [0.15, 0.2) is 182 Å². The predicted octanol–water partition coefficient (Wildman–Crippen LogP) is 11.3. The highest BCUT2D eigenvalue weighted by Gasteiger charge is 2.23. The van der Waals surface area contributed by atoms with E-state index in [0.29, 0.717) is 81.8 Å². The van der Waals surface area contributed by atoms with Crippen molar-refractivity contribution in [2.24, 2.45) is 5.73 Å². The van der Waals surface area contributed by atoms with E-state index in [2.05, 4.69) is 39.5 Å². The maximum Gasteiger partial charge on any atom is 0.300 e. The molecule has 4 amide bonds. The van der Waals surface area contributed by atoms with E-state index in [1.54, 1.807) is 91.0 Å². The number of carboxylic acid groups (broad SMARTS) is 1. The number of para-hydroxylation sites is 2. The zero-order chi connectivity index (χ0) is 50.6. The van der Waals surface area contributed by atoms with Crippen molar-refractivity contribution in [2.75, 3.05) is 10.6 Å². The van der Waals surface area contributed by atoms with Crippen molar-refractivity contribution in [1.82, 2.24) is 10.6 Å². The van der Waals surface area contributed by atoms with Crippen LogP contribution in [-0.2, 0) is 24.4 Å². The Bertz CT molecular complexity index is 3350. The summed E-state index contributed by atoms with van der Waals surface area (Å²) in [5.41, 5.74) is 16.2. The second-order valence-corrected chi connectivity index (χ2v) is 16.4. The second kappa shape index (κ2) is 23.6. The Morgan fingerprint density at radius 2 is 0.890 bits per heavy atom. The van der Waals surface area contributed by atoms with Crippen LogP contribution in [0.3, 0.4) is 0 Å². The number of fused-ring (bicyclic) bond motifs is 4. The van der Waals surface area contributed by atoms with Crippen molar-refractivity contribution in [1.29, 1.82) is 5.26 Å². The molecule has 0 saturated carbocycles. The largest absolute Gasteiger partial charge is 0.481 e. The third-order valence-electron chi connectivity index (χ3n) is 11.4. The summed E-state index contributed by atoms with van der Waals surface area (Å²) in [7, 11) is 0. The summed E-state index contributed by atoms with van der Waals surface area (Å²) in [6.45, 7) is 2.35. The molecule has 0 radical (unpaired) electrons. The maximum atomic E-state index is 12.8. The van der Waals surface area contributed by atoms with Crippen molar-refractivity contribution < 1.29 is 38.6 Å². The number of nitrogens with zero attached hydrogens (tertiary/aromatic N) is 1. The number of benzene rings is 8. The first-order valence-electron chi connectivity index (χ1n) is 22.6. The molecular formula is C59H50N6O8. The molecule has 2 aliphatic rings. The molecule has 14 heteroatoms. The van der Waals surface area contributed by atoms with Gasteiger partial charge >= 0.3 is 0 Å². The van der Waals surface area contributed by atoms with Crippen molar-refractivity contribution >= 4 is 41.0 Å². The molecule has 8 aromatic carbocycles. The molecule has 364 valence electrons. The van der Waals surface area contributed by atoms with Gasteiger partial charge in [0.2, 0.25) is 0 Å². The van der Waals surface area contributed by atoms with Gasteiger partial charge in [0.25, 0.3) is 29.6 Å². The van der Waals surface area contributed by atoms with Gasteiger partial charge in [-0.2, -0.15) is 5.26 Å². The SMILES string of the molecule is C.CC(=O)O.N#Cc1ccc(-c2ccc(CNC(=O)c3ccc4c(c3)NC(=O)c3ccccc3O4)cc2)cc1.NCc1ccc(-c2ccc(CNC(=O)c3ccc4c(c3)NC(=O)c3ccccc3O4)cc2)cc1. The minimum Gasteiger partial charge on any atom is -0.481 e. The topological polar surface area (TPSA) is 222 Å². The molecule has 8 aromatic rings. The number of ether oxygens (including phenoxy) is 2. The van der Waals surface area contributed by atoms with Crippen LogP contribution < -0.4 is 36.5 Å². The molecule has 0 bridgehead atoms. The van der Waals surface area contributed by atoms with Crippen LogP contribution in [0.5, 0.6) is 23.0 Å². The highest BCUT2D eigenvalue weighted by atomic mass is 16.5. The number of aliphatic carboxylic acids is 1. The van der Waals surface area contributed by atoms with Crippen LogP contribution in [0.1, 0.15) is 78.0 Å². The molecule has 10 rings (SSSR count). The Labute approximate surface area is 422 Å². The van der Waals surface area contributed by atoms with Gasteiger partial charge in [0, 0.05) is 37.7 Å². The van der Waals surface area contributed by atoms with Crippen molar-refractivity contribution in [3.8, 4) is 51.3 Å². The van der Waals surface area contributed by atoms with Gasteiger partial charge in [-0.1, -0.05) is 117 Å². The number of nitriles is 1. The number of amides is 4. The summed E-state index contributed by atoms with van der Waals surface area (Å²) in [5, 5.41) is 27.8. The smallest absolute Gasteiger partial charge is 0.300 e. The molecule has 7 N–H and O–H groups in total. The van der Waals surface area contributed by atoms with Crippen LogP contribution >= 0.6 is 0 Å². The second-order valence-electron chi connectivity index (χ2n) is 16.4. The summed E-state index contributed by atoms with van der Waals surface area (Å²) in [6.07, 6.45) is 0. The molecule has 2 heterocycles. The lowest BCUT2D eigenvalue weighted by atomic mass is 10.0. The number of anilines is 2. The number of nitrogens with two attached hydrogens (primary N) is 1. The van der Waals surface area contributed by atoms with Gasteiger partial charge in [-0.3, -0.25) is 24.0 Å². The Morgan fingerprint density at radius 3 is 1.26 bits per heavy atom. The summed E-state index contributed by atoms with van der Waals surface area (Å²) in [5.74, 6) is 0.0440. The zero-order valence-electron chi connectivity index (χ0n) is 38.8. The van der Waals surface area contributed by atoms with Gasteiger partial charge in [-0.25, -0.2) is 0 Å². The summed E-state index contributed by atoms with van der Waals surface area (Å²) >= 11 is 0. The Kier molecular flexibility index (Phi) is 16.5. The highest BCUT2D eigenvalue weighted by molar-refractivity contribution is 6.09. The van der Waals surface area contributed by atoms with E-state index < -0.39 is 5.97 Å².